The van der Waals surface area contributed by atoms with Gasteiger partial charge in [0.1, 0.15) is 17.3 Å². The zero-order valence-electron chi connectivity index (χ0n) is 17.2. The van der Waals surface area contributed by atoms with Crippen LogP contribution >= 0.6 is 24.0 Å². The second-order valence-corrected chi connectivity index (χ2v) is 7.80. The van der Waals surface area contributed by atoms with Crippen molar-refractivity contribution in [1.29, 1.82) is 0 Å². The van der Waals surface area contributed by atoms with Crippen LogP contribution in [0.2, 0.25) is 0 Å². The number of rotatable bonds is 5. The molecule has 164 valence electrons. The van der Waals surface area contributed by atoms with E-state index >= 15 is 0 Å². The smallest absolute Gasteiger partial charge is 0.191 e. The molecule has 30 heavy (non-hydrogen) atoms. The van der Waals surface area contributed by atoms with E-state index in [0.29, 0.717) is 31.6 Å². The summed E-state index contributed by atoms with van der Waals surface area (Å²) >= 11 is 0. The van der Waals surface area contributed by atoms with Crippen LogP contribution in [0.4, 0.5) is 14.5 Å². The molecule has 0 amide bonds. The number of nitrogens with zero attached hydrogens (tertiary/aromatic N) is 4. The lowest BCUT2D eigenvalue weighted by molar-refractivity contribution is 0.462. The van der Waals surface area contributed by atoms with Crippen LogP contribution in [-0.4, -0.2) is 41.9 Å². The van der Waals surface area contributed by atoms with Gasteiger partial charge in [0.05, 0.1) is 18.3 Å². The van der Waals surface area contributed by atoms with Crippen molar-refractivity contribution < 1.29 is 8.78 Å². The maximum Gasteiger partial charge on any atom is 0.191 e. The Labute approximate surface area is 193 Å². The lowest BCUT2D eigenvalue weighted by atomic mass is 10.2. The molecular weight excluding hydrogens is 501 g/mol. The molecule has 1 atom stereocenters. The van der Waals surface area contributed by atoms with Crippen LogP contribution in [0.25, 0.3) is 0 Å². The Bertz CT molecular complexity index is 845. The third-order valence-electron chi connectivity index (χ3n) is 5.81. The van der Waals surface area contributed by atoms with Crippen molar-refractivity contribution in [2.75, 3.05) is 25.0 Å². The van der Waals surface area contributed by atoms with Gasteiger partial charge in [-0.3, -0.25) is 9.67 Å². The normalized spacial score (nSPS) is 19.8. The van der Waals surface area contributed by atoms with Gasteiger partial charge in [0.25, 0.3) is 0 Å². The van der Waals surface area contributed by atoms with E-state index in [-0.39, 0.29) is 35.7 Å². The molecule has 9 heteroatoms. The van der Waals surface area contributed by atoms with Crippen molar-refractivity contribution in [2.24, 2.45) is 4.99 Å². The van der Waals surface area contributed by atoms with E-state index in [0.717, 1.165) is 12.1 Å². The second-order valence-electron chi connectivity index (χ2n) is 7.80. The van der Waals surface area contributed by atoms with E-state index in [1.165, 1.54) is 43.9 Å². The maximum absolute atomic E-state index is 14.0. The van der Waals surface area contributed by atoms with Crippen LogP contribution in [0.3, 0.4) is 0 Å². The summed E-state index contributed by atoms with van der Waals surface area (Å²) in [5.41, 5.74) is 1.03. The zero-order valence-corrected chi connectivity index (χ0v) is 19.5. The van der Waals surface area contributed by atoms with Crippen LogP contribution in [0.5, 0.6) is 0 Å². The van der Waals surface area contributed by atoms with Crippen molar-refractivity contribution in [2.45, 2.75) is 50.7 Å². The minimum absolute atomic E-state index is 0. The van der Waals surface area contributed by atoms with E-state index in [4.69, 9.17) is 0 Å². The molecule has 2 fully saturated rings. The lowest BCUT2D eigenvalue weighted by Crippen LogP contribution is -2.44. The van der Waals surface area contributed by atoms with Crippen molar-refractivity contribution in [3.63, 3.8) is 0 Å². The first kappa shape index (κ1) is 22.8. The van der Waals surface area contributed by atoms with Gasteiger partial charge in [-0.05, 0) is 37.5 Å². The van der Waals surface area contributed by atoms with Crippen molar-refractivity contribution >= 4 is 35.6 Å². The molecule has 1 aromatic heterocycles. The standard InChI is InChI=1S/C21H28F2N6.HI/c1-24-21(25-13-15-10-12-29(27-15)17-5-2-3-6-17)26-16-9-11-28(14-16)20-18(22)7-4-8-19(20)23;/h4,7-8,10,12,16-17H,2-3,5-6,9,11,13-14H2,1H3,(H2,24,25,26);1H. The second kappa shape index (κ2) is 10.4. The average Bonchev–Trinajstić information content (AvgIpc) is 3.46. The molecule has 1 unspecified atom stereocenters. The van der Waals surface area contributed by atoms with Crippen LogP contribution in [0.1, 0.15) is 43.8 Å². The van der Waals surface area contributed by atoms with Crippen LogP contribution < -0.4 is 15.5 Å². The number of halogens is 3. The number of benzene rings is 1. The van der Waals surface area contributed by atoms with Crippen LogP contribution in [0.15, 0.2) is 35.5 Å². The Morgan fingerprint density at radius 2 is 1.90 bits per heavy atom. The summed E-state index contributed by atoms with van der Waals surface area (Å²) in [5, 5.41) is 11.3. The fourth-order valence-electron chi connectivity index (χ4n) is 4.28. The van der Waals surface area contributed by atoms with Gasteiger partial charge in [0, 0.05) is 32.4 Å². The predicted molar refractivity (Wildman–Crippen MR) is 125 cm³/mol. The average molecular weight is 530 g/mol. The summed E-state index contributed by atoms with van der Waals surface area (Å²) in [6, 6.07) is 6.62. The number of aliphatic imine (C=N–C) groups is 1. The molecule has 1 aromatic carbocycles. The molecule has 0 bridgehead atoms. The van der Waals surface area contributed by atoms with Gasteiger partial charge in [-0.2, -0.15) is 5.10 Å². The number of para-hydroxylation sites is 1. The first-order chi connectivity index (χ1) is 14.1. The minimum Gasteiger partial charge on any atom is -0.365 e. The molecule has 1 saturated heterocycles. The molecule has 4 rings (SSSR count). The monoisotopic (exact) mass is 530 g/mol. The number of guanidine groups is 1. The van der Waals surface area contributed by atoms with Gasteiger partial charge in [0.15, 0.2) is 5.96 Å². The largest absolute Gasteiger partial charge is 0.365 e. The fourth-order valence-corrected chi connectivity index (χ4v) is 4.28. The topological polar surface area (TPSA) is 57.5 Å². The van der Waals surface area contributed by atoms with Gasteiger partial charge >= 0.3 is 0 Å². The highest BCUT2D eigenvalue weighted by Crippen LogP contribution is 2.29. The Balaban J connectivity index is 0.00000256. The van der Waals surface area contributed by atoms with E-state index in [1.807, 2.05) is 6.07 Å². The number of nitrogens with one attached hydrogen (secondary N) is 2. The minimum atomic E-state index is -0.522. The molecule has 2 heterocycles. The summed E-state index contributed by atoms with van der Waals surface area (Å²) in [6.45, 7) is 1.70. The highest BCUT2D eigenvalue weighted by molar-refractivity contribution is 14.0. The van der Waals surface area contributed by atoms with Crippen molar-refractivity contribution in [3.8, 4) is 0 Å². The molecule has 1 aliphatic carbocycles. The van der Waals surface area contributed by atoms with Gasteiger partial charge in [-0.25, -0.2) is 8.78 Å². The third-order valence-corrected chi connectivity index (χ3v) is 5.81. The van der Waals surface area contributed by atoms with E-state index < -0.39 is 11.6 Å². The van der Waals surface area contributed by atoms with Crippen LogP contribution in [0, 0.1) is 11.6 Å². The molecule has 1 aliphatic heterocycles. The lowest BCUT2D eigenvalue weighted by Gasteiger charge is -2.21. The van der Waals surface area contributed by atoms with Crippen molar-refractivity contribution in [3.05, 3.63) is 47.8 Å². The quantitative estimate of drug-likeness (QED) is 0.351. The molecule has 1 saturated carbocycles. The van der Waals surface area contributed by atoms with E-state index in [2.05, 4.69) is 31.6 Å². The van der Waals surface area contributed by atoms with Gasteiger partial charge in [-0.1, -0.05) is 18.9 Å². The molecule has 2 aromatic rings. The SMILES string of the molecule is CN=C(NCc1ccn(C2CCCC2)n1)NC1CCN(c2c(F)cccc2F)C1.I. The summed E-state index contributed by atoms with van der Waals surface area (Å²) in [7, 11) is 1.72. The summed E-state index contributed by atoms with van der Waals surface area (Å²) < 4.78 is 30.1. The summed E-state index contributed by atoms with van der Waals surface area (Å²) in [5.74, 6) is -0.377. The maximum atomic E-state index is 14.0. The van der Waals surface area contributed by atoms with E-state index in [9.17, 15) is 8.78 Å². The Morgan fingerprint density at radius 1 is 1.17 bits per heavy atom. The highest BCUT2D eigenvalue weighted by atomic mass is 127. The van der Waals surface area contributed by atoms with Gasteiger partial charge in [0.2, 0.25) is 0 Å². The molecular formula is C21H29F2IN6. The zero-order chi connectivity index (χ0) is 20.2. The molecule has 2 aliphatic rings. The molecule has 2 N–H and O–H groups in total. The molecule has 0 radical (unpaired) electrons. The Hall–Kier alpha value is -1.91. The summed E-state index contributed by atoms with van der Waals surface area (Å²) in [6.07, 6.45) is 7.82. The third kappa shape index (κ3) is 5.22. The first-order valence-electron chi connectivity index (χ1n) is 10.3. The number of aromatic nitrogens is 2. The van der Waals surface area contributed by atoms with Crippen LogP contribution in [-0.2, 0) is 6.54 Å². The molecule has 0 spiro atoms. The van der Waals surface area contributed by atoms with E-state index in [1.54, 1.807) is 11.9 Å². The number of hydrogen-bond donors (Lipinski definition) is 2. The van der Waals surface area contributed by atoms with Crippen molar-refractivity contribution in [1.82, 2.24) is 20.4 Å². The molecule has 6 nitrogen and oxygen atoms in total. The number of hydrogen-bond acceptors (Lipinski definition) is 3. The van der Waals surface area contributed by atoms with Gasteiger partial charge < -0.3 is 15.5 Å². The number of anilines is 1. The fraction of sp³-hybridized carbons (Fsp3) is 0.524. The first-order valence-corrected chi connectivity index (χ1v) is 10.3. The predicted octanol–water partition coefficient (Wildman–Crippen LogP) is 3.84. The summed E-state index contributed by atoms with van der Waals surface area (Å²) in [4.78, 5) is 6.03. The Morgan fingerprint density at radius 3 is 2.60 bits per heavy atom. The highest BCUT2D eigenvalue weighted by Gasteiger charge is 2.27. The Kier molecular flexibility index (Phi) is 7.90. The van der Waals surface area contributed by atoms with Gasteiger partial charge in [-0.15, -0.1) is 24.0 Å².